The Morgan fingerprint density at radius 2 is 2.18 bits per heavy atom. The minimum atomic E-state index is 0.324. The maximum Gasteiger partial charge on any atom is 0.150 e. The van der Waals surface area contributed by atoms with Gasteiger partial charge >= 0.3 is 0 Å². The van der Waals surface area contributed by atoms with Gasteiger partial charge in [0.05, 0.1) is 17.3 Å². The molecule has 0 atom stereocenters. The number of anilines is 1. The number of carbonyl (C=O) groups excluding carboxylic acids is 1. The van der Waals surface area contributed by atoms with Gasteiger partial charge in [-0.15, -0.1) is 0 Å². The number of carbonyl (C=O) groups is 1. The Morgan fingerprint density at radius 3 is 2.65 bits per heavy atom. The largest absolute Gasteiger partial charge is 0.383 e. The van der Waals surface area contributed by atoms with Crippen LogP contribution in [0.2, 0.25) is 5.02 Å². The van der Waals surface area contributed by atoms with Crippen molar-refractivity contribution < 1.29 is 9.53 Å². The first kappa shape index (κ1) is 14.0. The molecule has 1 aromatic rings. The summed E-state index contributed by atoms with van der Waals surface area (Å²) < 4.78 is 5.09. The van der Waals surface area contributed by atoms with Crippen molar-refractivity contribution >= 4 is 23.6 Å². The van der Waals surface area contributed by atoms with Gasteiger partial charge in [-0.2, -0.15) is 0 Å². The summed E-state index contributed by atoms with van der Waals surface area (Å²) in [5.41, 5.74) is 1.53. The second-order valence-electron chi connectivity index (χ2n) is 4.11. The molecule has 4 heteroatoms. The second kappa shape index (κ2) is 6.62. The third kappa shape index (κ3) is 3.72. The van der Waals surface area contributed by atoms with Crippen molar-refractivity contribution in [1.29, 1.82) is 0 Å². The van der Waals surface area contributed by atoms with Crippen molar-refractivity contribution in [3.8, 4) is 0 Å². The van der Waals surface area contributed by atoms with Crippen LogP contribution < -0.4 is 4.90 Å². The van der Waals surface area contributed by atoms with Crippen LogP contribution in [0.4, 0.5) is 5.69 Å². The quantitative estimate of drug-likeness (QED) is 0.732. The molecular formula is C13H18ClNO2. The highest BCUT2D eigenvalue weighted by atomic mass is 35.5. The summed E-state index contributed by atoms with van der Waals surface area (Å²) in [6.07, 6.45) is 0.796. The average molecular weight is 256 g/mol. The van der Waals surface area contributed by atoms with Crippen LogP contribution >= 0.6 is 11.6 Å². The topological polar surface area (TPSA) is 29.5 Å². The first-order valence-corrected chi connectivity index (χ1v) is 5.98. The summed E-state index contributed by atoms with van der Waals surface area (Å²) in [4.78, 5) is 12.8. The zero-order valence-corrected chi connectivity index (χ0v) is 11.2. The van der Waals surface area contributed by atoms with Crippen LogP contribution in [0.3, 0.4) is 0 Å². The van der Waals surface area contributed by atoms with Gasteiger partial charge in [0.15, 0.2) is 0 Å². The Kier molecular flexibility index (Phi) is 5.45. The highest BCUT2D eigenvalue weighted by Crippen LogP contribution is 2.27. The molecule has 17 heavy (non-hydrogen) atoms. The Labute approximate surface area is 107 Å². The van der Waals surface area contributed by atoms with Crippen molar-refractivity contribution in [2.75, 3.05) is 25.2 Å². The average Bonchev–Trinajstić information content (AvgIpc) is 2.30. The van der Waals surface area contributed by atoms with Gasteiger partial charge in [-0.05, 0) is 32.0 Å². The number of benzene rings is 1. The van der Waals surface area contributed by atoms with Crippen LogP contribution in [0, 0.1) is 0 Å². The maximum atomic E-state index is 10.7. The summed E-state index contributed by atoms with van der Waals surface area (Å²) in [7, 11) is 1.68. The third-order valence-corrected chi connectivity index (χ3v) is 2.88. The van der Waals surface area contributed by atoms with Crippen LogP contribution in [0.5, 0.6) is 0 Å². The molecule has 0 unspecified atom stereocenters. The van der Waals surface area contributed by atoms with E-state index in [1.807, 2.05) is 6.07 Å². The highest BCUT2D eigenvalue weighted by Gasteiger charge is 2.13. The van der Waals surface area contributed by atoms with E-state index in [-0.39, 0.29) is 0 Å². The number of nitrogens with zero attached hydrogens (tertiary/aromatic N) is 1. The summed E-state index contributed by atoms with van der Waals surface area (Å²) in [5.74, 6) is 0. The Balaban J connectivity index is 2.97. The van der Waals surface area contributed by atoms with Crippen LogP contribution in [-0.2, 0) is 4.74 Å². The molecule has 0 fully saturated rings. The minimum Gasteiger partial charge on any atom is -0.383 e. The zero-order valence-electron chi connectivity index (χ0n) is 10.4. The smallest absolute Gasteiger partial charge is 0.150 e. The first-order chi connectivity index (χ1) is 8.10. The highest BCUT2D eigenvalue weighted by molar-refractivity contribution is 6.33. The number of halogens is 1. The van der Waals surface area contributed by atoms with E-state index < -0.39 is 0 Å². The molecule has 94 valence electrons. The van der Waals surface area contributed by atoms with Gasteiger partial charge in [0, 0.05) is 25.3 Å². The molecule has 0 saturated carbocycles. The summed E-state index contributed by atoms with van der Waals surface area (Å²) in [6.45, 7) is 5.61. The normalized spacial score (nSPS) is 10.6. The zero-order chi connectivity index (χ0) is 12.8. The first-order valence-electron chi connectivity index (χ1n) is 5.60. The van der Waals surface area contributed by atoms with Crippen LogP contribution in [0.15, 0.2) is 18.2 Å². The molecule has 0 bridgehead atoms. The summed E-state index contributed by atoms with van der Waals surface area (Å²) in [6, 6.07) is 5.66. The fourth-order valence-electron chi connectivity index (χ4n) is 1.68. The van der Waals surface area contributed by atoms with Crippen molar-refractivity contribution in [2.45, 2.75) is 19.9 Å². The van der Waals surface area contributed by atoms with Gasteiger partial charge in [0.1, 0.15) is 6.29 Å². The molecule has 0 aromatic heterocycles. The van der Waals surface area contributed by atoms with Gasteiger partial charge in [0.25, 0.3) is 0 Å². The van der Waals surface area contributed by atoms with E-state index in [0.29, 0.717) is 23.2 Å². The molecule has 1 aromatic carbocycles. The Hall–Kier alpha value is -1.06. The molecule has 0 heterocycles. The maximum absolute atomic E-state index is 10.7. The number of rotatable bonds is 6. The summed E-state index contributed by atoms with van der Waals surface area (Å²) in [5, 5.41) is 0.597. The van der Waals surface area contributed by atoms with Crippen LogP contribution in [0.1, 0.15) is 24.2 Å². The minimum absolute atomic E-state index is 0.324. The van der Waals surface area contributed by atoms with Gasteiger partial charge in [0.2, 0.25) is 0 Å². The molecular weight excluding hydrogens is 238 g/mol. The van der Waals surface area contributed by atoms with E-state index in [9.17, 15) is 4.79 Å². The molecule has 0 saturated heterocycles. The van der Waals surface area contributed by atoms with E-state index in [4.69, 9.17) is 16.3 Å². The van der Waals surface area contributed by atoms with E-state index in [2.05, 4.69) is 18.7 Å². The molecule has 0 aliphatic carbocycles. The molecule has 3 nitrogen and oxygen atoms in total. The molecule has 0 radical (unpaired) electrons. The van der Waals surface area contributed by atoms with E-state index in [1.54, 1.807) is 19.2 Å². The molecule has 0 aliphatic rings. The molecule has 0 N–H and O–H groups in total. The lowest BCUT2D eigenvalue weighted by Crippen LogP contribution is -2.34. The van der Waals surface area contributed by atoms with Crippen LogP contribution in [0.25, 0.3) is 0 Å². The standard InChI is InChI=1S/C13H18ClNO2/c1-10(2)15(6-7-17-3)13-5-4-11(9-16)8-12(13)14/h4-5,8-10H,6-7H2,1-3H3. The fraction of sp³-hybridized carbons (Fsp3) is 0.462. The van der Waals surface area contributed by atoms with E-state index in [0.717, 1.165) is 18.5 Å². The van der Waals surface area contributed by atoms with Gasteiger partial charge in [-0.3, -0.25) is 4.79 Å². The molecule has 0 amide bonds. The van der Waals surface area contributed by atoms with Gasteiger partial charge in [-0.1, -0.05) is 11.6 Å². The SMILES string of the molecule is COCCN(c1ccc(C=O)cc1Cl)C(C)C. The monoisotopic (exact) mass is 255 g/mol. The Bertz CT molecular complexity index is 380. The van der Waals surface area contributed by atoms with E-state index >= 15 is 0 Å². The van der Waals surface area contributed by atoms with Crippen LogP contribution in [-0.4, -0.2) is 32.6 Å². The number of ether oxygens (including phenoxy) is 1. The van der Waals surface area contributed by atoms with Crippen molar-refractivity contribution in [1.82, 2.24) is 0 Å². The van der Waals surface area contributed by atoms with Crippen molar-refractivity contribution in [3.05, 3.63) is 28.8 Å². The predicted octanol–water partition coefficient (Wildman–Crippen LogP) is 3.01. The predicted molar refractivity (Wildman–Crippen MR) is 71.2 cm³/mol. The second-order valence-corrected chi connectivity index (χ2v) is 4.52. The van der Waals surface area contributed by atoms with Crippen molar-refractivity contribution in [3.63, 3.8) is 0 Å². The fourth-order valence-corrected chi connectivity index (χ4v) is 1.97. The lowest BCUT2D eigenvalue weighted by molar-refractivity contribution is 0.112. The van der Waals surface area contributed by atoms with E-state index in [1.165, 1.54) is 0 Å². The molecule has 1 rings (SSSR count). The summed E-state index contributed by atoms with van der Waals surface area (Å²) >= 11 is 6.18. The Morgan fingerprint density at radius 1 is 1.47 bits per heavy atom. The third-order valence-electron chi connectivity index (χ3n) is 2.58. The van der Waals surface area contributed by atoms with Gasteiger partial charge in [-0.25, -0.2) is 0 Å². The van der Waals surface area contributed by atoms with Gasteiger partial charge < -0.3 is 9.64 Å². The lowest BCUT2D eigenvalue weighted by atomic mass is 10.2. The molecule has 0 aliphatic heterocycles. The molecule has 0 spiro atoms. The number of hydrogen-bond donors (Lipinski definition) is 0. The number of hydrogen-bond acceptors (Lipinski definition) is 3. The van der Waals surface area contributed by atoms with Crippen molar-refractivity contribution in [2.24, 2.45) is 0 Å². The lowest BCUT2D eigenvalue weighted by Gasteiger charge is -2.29. The number of methoxy groups -OCH3 is 1. The number of aldehydes is 1.